The Morgan fingerprint density at radius 1 is 1.10 bits per heavy atom. The Bertz CT molecular complexity index is 625. The molecule has 0 aliphatic rings. The van der Waals surface area contributed by atoms with Crippen LogP contribution in [-0.4, -0.2) is 6.04 Å². The minimum absolute atomic E-state index is 0.173. The first-order valence-corrected chi connectivity index (χ1v) is 7.66. The zero-order valence-corrected chi connectivity index (χ0v) is 13.6. The van der Waals surface area contributed by atoms with Crippen LogP contribution in [0.2, 0.25) is 5.02 Å². The number of halogens is 1. The molecule has 112 valence electrons. The highest BCUT2D eigenvalue weighted by molar-refractivity contribution is 6.32. The number of ether oxygens (including phenoxy) is 1. The second-order valence-electron chi connectivity index (χ2n) is 5.51. The van der Waals surface area contributed by atoms with Crippen molar-refractivity contribution in [2.45, 2.75) is 39.7 Å². The predicted octanol–water partition coefficient (Wildman–Crippen LogP) is 5.03. The molecule has 2 aromatic rings. The molecule has 0 aliphatic carbocycles. The summed E-state index contributed by atoms with van der Waals surface area (Å²) in [6, 6.07) is 12.2. The van der Waals surface area contributed by atoms with Gasteiger partial charge in [0.15, 0.2) is 0 Å². The van der Waals surface area contributed by atoms with E-state index in [-0.39, 0.29) is 6.04 Å². The topological polar surface area (TPSA) is 35.2 Å². The van der Waals surface area contributed by atoms with E-state index in [1.807, 2.05) is 37.3 Å². The summed E-state index contributed by atoms with van der Waals surface area (Å²) in [6.07, 6.45) is 1.79. The standard InChI is InChI=1S/C18H22ClNO/c1-4-15(20)10-14-6-8-18(16(19)11-14)21-17-7-5-12(2)9-13(17)3/h5-9,11,15H,4,10,20H2,1-3H3. The van der Waals surface area contributed by atoms with E-state index in [1.54, 1.807) is 0 Å². The van der Waals surface area contributed by atoms with Crippen LogP contribution in [0, 0.1) is 13.8 Å². The zero-order valence-electron chi connectivity index (χ0n) is 12.8. The summed E-state index contributed by atoms with van der Waals surface area (Å²) < 4.78 is 5.92. The van der Waals surface area contributed by atoms with Gasteiger partial charge in [-0.2, -0.15) is 0 Å². The Hall–Kier alpha value is -1.51. The molecule has 0 heterocycles. The number of hydrogen-bond acceptors (Lipinski definition) is 2. The van der Waals surface area contributed by atoms with Crippen LogP contribution in [0.15, 0.2) is 36.4 Å². The van der Waals surface area contributed by atoms with Crippen molar-refractivity contribution in [2.75, 3.05) is 0 Å². The van der Waals surface area contributed by atoms with Gasteiger partial charge in [-0.05, 0) is 56.0 Å². The lowest BCUT2D eigenvalue weighted by molar-refractivity contribution is 0.478. The minimum Gasteiger partial charge on any atom is -0.456 e. The van der Waals surface area contributed by atoms with Gasteiger partial charge in [-0.1, -0.05) is 42.3 Å². The molecule has 0 aromatic heterocycles. The molecule has 0 amide bonds. The number of hydrogen-bond donors (Lipinski definition) is 1. The molecule has 0 bridgehead atoms. The maximum absolute atomic E-state index is 6.32. The molecular formula is C18H22ClNO. The molecule has 2 rings (SSSR count). The molecule has 0 fully saturated rings. The van der Waals surface area contributed by atoms with Gasteiger partial charge in [0.05, 0.1) is 5.02 Å². The largest absolute Gasteiger partial charge is 0.456 e. The Labute approximate surface area is 131 Å². The van der Waals surface area contributed by atoms with Crippen molar-refractivity contribution in [2.24, 2.45) is 5.73 Å². The van der Waals surface area contributed by atoms with Crippen LogP contribution < -0.4 is 10.5 Å². The first-order chi connectivity index (χ1) is 9.99. The van der Waals surface area contributed by atoms with Gasteiger partial charge in [0.2, 0.25) is 0 Å². The molecule has 1 atom stereocenters. The van der Waals surface area contributed by atoms with Crippen molar-refractivity contribution in [3.63, 3.8) is 0 Å². The van der Waals surface area contributed by atoms with E-state index in [0.29, 0.717) is 10.8 Å². The van der Waals surface area contributed by atoms with Gasteiger partial charge in [0, 0.05) is 6.04 Å². The van der Waals surface area contributed by atoms with Crippen molar-refractivity contribution in [1.29, 1.82) is 0 Å². The summed E-state index contributed by atoms with van der Waals surface area (Å²) in [5.41, 5.74) is 9.43. The van der Waals surface area contributed by atoms with E-state index >= 15 is 0 Å². The quantitative estimate of drug-likeness (QED) is 0.841. The fourth-order valence-corrected chi connectivity index (χ4v) is 2.48. The highest BCUT2D eigenvalue weighted by Gasteiger charge is 2.08. The fourth-order valence-electron chi connectivity index (χ4n) is 2.23. The van der Waals surface area contributed by atoms with E-state index < -0.39 is 0 Å². The summed E-state index contributed by atoms with van der Waals surface area (Å²) in [4.78, 5) is 0. The predicted molar refractivity (Wildman–Crippen MR) is 89.4 cm³/mol. The normalized spacial score (nSPS) is 12.2. The molecule has 0 radical (unpaired) electrons. The van der Waals surface area contributed by atoms with Gasteiger partial charge in [-0.25, -0.2) is 0 Å². The lowest BCUT2D eigenvalue weighted by atomic mass is 10.0. The highest BCUT2D eigenvalue weighted by Crippen LogP contribution is 2.32. The molecule has 2 nitrogen and oxygen atoms in total. The van der Waals surface area contributed by atoms with Crippen LogP contribution >= 0.6 is 11.6 Å². The smallest absolute Gasteiger partial charge is 0.146 e. The summed E-state index contributed by atoms with van der Waals surface area (Å²) in [7, 11) is 0. The van der Waals surface area contributed by atoms with Gasteiger partial charge in [0.1, 0.15) is 11.5 Å². The Morgan fingerprint density at radius 3 is 2.43 bits per heavy atom. The zero-order chi connectivity index (χ0) is 15.4. The van der Waals surface area contributed by atoms with Gasteiger partial charge in [-0.15, -0.1) is 0 Å². The number of aryl methyl sites for hydroxylation is 2. The van der Waals surface area contributed by atoms with Crippen molar-refractivity contribution >= 4 is 11.6 Å². The summed E-state index contributed by atoms with van der Waals surface area (Å²) in [6.45, 7) is 6.18. The lowest BCUT2D eigenvalue weighted by Gasteiger charge is -2.13. The van der Waals surface area contributed by atoms with Crippen molar-refractivity contribution in [1.82, 2.24) is 0 Å². The maximum Gasteiger partial charge on any atom is 0.146 e. The molecule has 0 saturated heterocycles. The van der Waals surface area contributed by atoms with Crippen molar-refractivity contribution < 1.29 is 4.74 Å². The summed E-state index contributed by atoms with van der Waals surface area (Å²) >= 11 is 6.32. The van der Waals surface area contributed by atoms with Gasteiger partial charge < -0.3 is 10.5 Å². The first-order valence-electron chi connectivity index (χ1n) is 7.28. The average molecular weight is 304 g/mol. The third-order valence-electron chi connectivity index (χ3n) is 3.57. The second kappa shape index (κ2) is 6.97. The first kappa shape index (κ1) is 15.9. The maximum atomic E-state index is 6.32. The number of nitrogens with two attached hydrogens (primary N) is 1. The van der Waals surface area contributed by atoms with Gasteiger partial charge in [0.25, 0.3) is 0 Å². The SMILES string of the molecule is CCC(N)Cc1ccc(Oc2ccc(C)cc2C)c(Cl)c1. The van der Waals surface area contributed by atoms with Crippen LogP contribution in [0.3, 0.4) is 0 Å². The molecule has 2 aromatic carbocycles. The van der Waals surface area contributed by atoms with E-state index in [2.05, 4.69) is 19.9 Å². The highest BCUT2D eigenvalue weighted by atomic mass is 35.5. The van der Waals surface area contributed by atoms with Crippen LogP contribution in [-0.2, 0) is 6.42 Å². The molecular weight excluding hydrogens is 282 g/mol. The van der Waals surface area contributed by atoms with Gasteiger partial charge >= 0.3 is 0 Å². The van der Waals surface area contributed by atoms with E-state index in [1.165, 1.54) is 5.56 Å². The third-order valence-corrected chi connectivity index (χ3v) is 3.86. The monoisotopic (exact) mass is 303 g/mol. The lowest BCUT2D eigenvalue weighted by Crippen LogP contribution is -2.21. The Morgan fingerprint density at radius 2 is 1.81 bits per heavy atom. The molecule has 0 spiro atoms. The molecule has 3 heteroatoms. The number of rotatable bonds is 5. The Kier molecular flexibility index (Phi) is 5.27. The second-order valence-corrected chi connectivity index (χ2v) is 5.92. The molecule has 2 N–H and O–H groups in total. The van der Waals surface area contributed by atoms with Crippen molar-refractivity contribution in [3.8, 4) is 11.5 Å². The average Bonchev–Trinajstić information content (AvgIpc) is 2.44. The van der Waals surface area contributed by atoms with E-state index in [9.17, 15) is 0 Å². The van der Waals surface area contributed by atoms with Crippen LogP contribution in [0.25, 0.3) is 0 Å². The summed E-state index contributed by atoms with van der Waals surface area (Å²) in [5, 5.41) is 0.621. The van der Waals surface area contributed by atoms with Crippen LogP contribution in [0.1, 0.15) is 30.0 Å². The molecule has 0 saturated carbocycles. The number of benzene rings is 2. The van der Waals surface area contributed by atoms with E-state index in [0.717, 1.165) is 29.7 Å². The summed E-state index contributed by atoms with van der Waals surface area (Å²) in [5.74, 6) is 1.51. The minimum atomic E-state index is 0.173. The van der Waals surface area contributed by atoms with E-state index in [4.69, 9.17) is 22.1 Å². The molecule has 21 heavy (non-hydrogen) atoms. The van der Waals surface area contributed by atoms with Crippen LogP contribution in [0.5, 0.6) is 11.5 Å². The fraction of sp³-hybridized carbons (Fsp3) is 0.333. The van der Waals surface area contributed by atoms with Gasteiger partial charge in [-0.3, -0.25) is 0 Å². The van der Waals surface area contributed by atoms with Crippen molar-refractivity contribution in [3.05, 3.63) is 58.1 Å². The third kappa shape index (κ3) is 4.23. The Balaban J connectivity index is 2.17. The molecule has 0 aliphatic heterocycles. The van der Waals surface area contributed by atoms with Crippen LogP contribution in [0.4, 0.5) is 0 Å². The molecule has 1 unspecified atom stereocenters.